The van der Waals surface area contributed by atoms with E-state index in [1.807, 2.05) is 19.1 Å². The molecule has 1 N–H and O–H groups in total. The molecule has 0 radical (unpaired) electrons. The number of halogens is 1. The molecular weight excluding hydrogens is 246 g/mol. The molecule has 14 heavy (non-hydrogen) atoms. The Morgan fingerprint density at radius 3 is 2.64 bits per heavy atom. The second-order valence-corrected chi connectivity index (χ2v) is 3.73. The van der Waals surface area contributed by atoms with E-state index in [0.717, 1.165) is 21.3 Å². The zero-order valence-electron chi connectivity index (χ0n) is 8.56. The number of rotatable bonds is 4. The average molecular weight is 260 g/mol. The Morgan fingerprint density at radius 2 is 2.07 bits per heavy atom. The topological polar surface area (TPSA) is 30.5 Å². The van der Waals surface area contributed by atoms with Gasteiger partial charge in [0.2, 0.25) is 0 Å². The molecular formula is C10H14BrNO2. The van der Waals surface area contributed by atoms with Crippen molar-refractivity contribution in [3.05, 3.63) is 27.7 Å². The Hall–Kier alpha value is -0.580. The number of nitrogens with one attached hydrogen (secondary N) is 1. The van der Waals surface area contributed by atoms with Gasteiger partial charge in [-0.1, -0.05) is 15.9 Å². The zero-order valence-corrected chi connectivity index (χ0v) is 10.1. The van der Waals surface area contributed by atoms with E-state index in [1.54, 1.807) is 14.2 Å². The number of benzene rings is 1. The summed E-state index contributed by atoms with van der Waals surface area (Å²) in [4.78, 5) is 4.82. The van der Waals surface area contributed by atoms with E-state index in [9.17, 15) is 0 Å². The SMILES string of the molecule is CONCc1c(OC)ccc(Br)c1C. The Kier molecular flexibility index (Phi) is 4.38. The Labute approximate surface area is 92.5 Å². The number of ether oxygens (including phenoxy) is 1. The van der Waals surface area contributed by atoms with Gasteiger partial charge in [-0.15, -0.1) is 0 Å². The summed E-state index contributed by atoms with van der Waals surface area (Å²) in [5, 5.41) is 0. The van der Waals surface area contributed by atoms with Crippen LogP contribution in [0.4, 0.5) is 0 Å². The minimum Gasteiger partial charge on any atom is -0.496 e. The first-order chi connectivity index (χ1) is 6.70. The van der Waals surface area contributed by atoms with Gasteiger partial charge in [-0.05, 0) is 24.6 Å². The van der Waals surface area contributed by atoms with Crippen LogP contribution in [0, 0.1) is 6.92 Å². The van der Waals surface area contributed by atoms with Gasteiger partial charge in [-0.25, -0.2) is 0 Å². The summed E-state index contributed by atoms with van der Waals surface area (Å²) in [6.45, 7) is 2.67. The standard InChI is InChI=1S/C10H14BrNO2/c1-7-8(6-12-14-3)10(13-2)5-4-9(7)11/h4-5,12H,6H2,1-3H3. The fourth-order valence-electron chi connectivity index (χ4n) is 1.26. The Bertz CT molecular complexity index is 315. The highest BCUT2D eigenvalue weighted by Crippen LogP contribution is 2.28. The maximum Gasteiger partial charge on any atom is 0.123 e. The molecule has 4 heteroatoms. The molecule has 1 aromatic rings. The maximum absolute atomic E-state index is 5.26. The van der Waals surface area contributed by atoms with E-state index >= 15 is 0 Å². The van der Waals surface area contributed by atoms with Crippen LogP contribution in [-0.4, -0.2) is 14.2 Å². The summed E-state index contributed by atoms with van der Waals surface area (Å²) in [5.74, 6) is 0.871. The van der Waals surface area contributed by atoms with Gasteiger partial charge in [0.1, 0.15) is 5.75 Å². The molecule has 0 atom stereocenters. The second-order valence-electron chi connectivity index (χ2n) is 2.88. The lowest BCUT2D eigenvalue weighted by atomic mass is 10.1. The van der Waals surface area contributed by atoms with Crippen LogP contribution in [0.25, 0.3) is 0 Å². The number of hydrogen-bond acceptors (Lipinski definition) is 3. The highest BCUT2D eigenvalue weighted by molar-refractivity contribution is 9.10. The number of hydroxylamine groups is 1. The van der Waals surface area contributed by atoms with Crippen LogP contribution in [-0.2, 0) is 11.4 Å². The summed E-state index contributed by atoms with van der Waals surface area (Å²) in [7, 11) is 3.26. The van der Waals surface area contributed by atoms with Crippen molar-refractivity contribution in [3.8, 4) is 5.75 Å². The van der Waals surface area contributed by atoms with Crippen molar-refractivity contribution in [2.75, 3.05) is 14.2 Å². The molecule has 78 valence electrons. The molecule has 0 fully saturated rings. The predicted octanol–water partition coefficient (Wildman–Crippen LogP) is 2.42. The first-order valence-electron chi connectivity index (χ1n) is 4.28. The monoisotopic (exact) mass is 259 g/mol. The average Bonchev–Trinajstić information content (AvgIpc) is 2.20. The van der Waals surface area contributed by atoms with Crippen molar-refractivity contribution in [2.24, 2.45) is 0 Å². The quantitative estimate of drug-likeness (QED) is 0.843. The molecule has 0 aliphatic heterocycles. The summed E-state index contributed by atoms with van der Waals surface area (Å²) in [6.07, 6.45) is 0. The largest absolute Gasteiger partial charge is 0.496 e. The summed E-state index contributed by atoms with van der Waals surface area (Å²) in [6, 6.07) is 3.91. The molecule has 0 heterocycles. The molecule has 0 saturated carbocycles. The van der Waals surface area contributed by atoms with E-state index in [4.69, 9.17) is 9.57 Å². The molecule has 1 aromatic carbocycles. The van der Waals surface area contributed by atoms with Crippen molar-refractivity contribution in [3.63, 3.8) is 0 Å². The van der Waals surface area contributed by atoms with Gasteiger partial charge in [0.15, 0.2) is 0 Å². The van der Waals surface area contributed by atoms with E-state index < -0.39 is 0 Å². The summed E-state index contributed by atoms with van der Waals surface area (Å²) in [5.41, 5.74) is 5.07. The van der Waals surface area contributed by atoms with Gasteiger partial charge in [-0.3, -0.25) is 0 Å². The van der Waals surface area contributed by atoms with Crippen LogP contribution < -0.4 is 10.2 Å². The van der Waals surface area contributed by atoms with Gasteiger partial charge in [0.05, 0.1) is 14.2 Å². The fraction of sp³-hybridized carbons (Fsp3) is 0.400. The molecule has 0 bridgehead atoms. The third-order valence-corrected chi connectivity index (χ3v) is 2.96. The first kappa shape index (κ1) is 11.5. The first-order valence-corrected chi connectivity index (χ1v) is 5.07. The van der Waals surface area contributed by atoms with Crippen LogP contribution in [0.2, 0.25) is 0 Å². The minimum absolute atomic E-state index is 0.630. The maximum atomic E-state index is 5.26. The molecule has 1 rings (SSSR count). The predicted molar refractivity (Wildman–Crippen MR) is 59.3 cm³/mol. The number of hydrogen-bond donors (Lipinski definition) is 1. The van der Waals surface area contributed by atoms with E-state index in [2.05, 4.69) is 21.4 Å². The summed E-state index contributed by atoms with van der Waals surface area (Å²) >= 11 is 3.48. The third-order valence-electron chi connectivity index (χ3n) is 2.10. The van der Waals surface area contributed by atoms with E-state index in [1.165, 1.54) is 0 Å². The molecule has 3 nitrogen and oxygen atoms in total. The van der Waals surface area contributed by atoms with Crippen molar-refractivity contribution in [1.29, 1.82) is 0 Å². The molecule has 0 amide bonds. The normalized spacial score (nSPS) is 10.3. The van der Waals surface area contributed by atoms with Crippen LogP contribution >= 0.6 is 15.9 Å². The summed E-state index contributed by atoms with van der Waals surface area (Å²) < 4.78 is 6.34. The lowest BCUT2D eigenvalue weighted by Crippen LogP contribution is -2.13. The van der Waals surface area contributed by atoms with Gasteiger partial charge < -0.3 is 9.57 Å². The van der Waals surface area contributed by atoms with Crippen LogP contribution in [0.1, 0.15) is 11.1 Å². The Morgan fingerprint density at radius 1 is 1.36 bits per heavy atom. The Balaban J connectivity index is 3.01. The lowest BCUT2D eigenvalue weighted by Gasteiger charge is -2.12. The van der Waals surface area contributed by atoms with E-state index in [0.29, 0.717) is 6.54 Å². The van der Waals surface area contributed by atoms with Crippen molar-refractivity contribution < 1.29 is 9.57 Å². The molecule has 0 aliphatic carbocycles. The fourth-order valence-corrected chi connectivity index (χ4v) is 1.63. The molecule has 0 unspecified atom stereocenters. The van der Waals surface area contributed by atoms with Gasteiger partial charge in [-0.2, -0.15) is 5.48 Å². The molecule has 0 spiro atoms. The van der Waals surface area contributed by atoms with Crippen molar-refractivity contribution in [2.45, 2.75) is 13.5 Å². The highest BCUT2D eigenvalue weighted by Gasteiger charge is 2.08. The lowest BCUT2D eigenvalue weighted by molar-refractivity contribution is 0.0860. The minimum atomic E-state index is 0.630. The third kappa shape index (κ3) is 2.47. The van der Waals surface area contributed by atoms with Crippen LogP contribution in [0.15, 0.2) is 16.6 Å². The van der Waals surface area contributed by atoms with Crippen molar-refractivity contribution >= 4 is 15.9 Å². The van der Waals surface area contributed by atoms with Gasteiger partial charge in [0.25, 0.3) is 0 Å². The van der Waals surface area contributed by atoms with E-state index in [-0.39, 0.29) is 0 Å². The molecule has 0 aliphatic rings. The van der Waals surface area contributed by atoms with Gasteiger partial charge >= 0.3 is 0 Å². The highest BCUT2D eigenvalue weighted by atomic mass is 79.9. The molecule has 0 aromatic heterocycles. The molecule has 0 saturated heterocycles. The zero-order chi connectivity index (χ0) is 10.6. The van der Waals surface area contributed by atoms with Crippen molar-refractivity contribution in [1.82, 2.24) is 5.48 Å². The van der Waals surface area contributed by atoms with Gasteiger partial charge in [0, 0.05) is 16.6 Å². The number of methoxy groups -OCH3 is 1. The smallest absolute Gasteiger partial charge is 0.123 e. The van der Waals surface area contributed by atoms with Crippen LogP contribution in [0.3, 0.4) is 0 Å². The van der Waals surface area contributed by atoms with Crippen LogP contribution in [0.5, 0.6) is 5.75 Å². The second kappa shape index (κ2) is 5.34.